The lowest BCUT2D eigenvalue weighted by Crippen LogP contribution is -2.01. The molecule has 0 aliphatic carbocycles. The van der Waals surface area contributed by atoms with Gasteiger partial charge >= 0.3 is 0 Å². The van der Waals surface area contributed by atoms with Crippen molar-refractivity contribution in [1.82, 2.24) is 0 Å². The molecule has 0 amide bonds. The number of halogens is 2. The Balaban J connectivity index is 2.04. The zero-order valence-corrected chi connectivity index (χ0v) is 10.1. The van der Waals surface area contributed by atoms with Crippen LogP contribution in [0.1, 0.15) is 23.1 Å². The van der Waals surface area contributed by atoms with Gasteiger partial charge < -0.3 is 5.32 Å². The molecule has 0 aromatic heterocycles. The van der Waals surface area contributed by atoms with Crippen LogP contribution in [-0.4, -0.2) is 0 Å². The minimum atomic E-state index is -2.44. The third-order valence-electron chi connectivity index (χ3n) is 2.76. The maximum absolute atomic E-state index is 12.4. The Morgan fingerprint density at radius 3 is 2.37 bits per heavy atom. The van der Waals surface area contributed by atoms with Gasteiger partial charge in [0.05, 0.1) is 11.3 Å². The van der Waals surface area contributed by atoms with E-state index in [1.165, 1.54) is 12.1 Å². The van der Waals surface area contributed by atoms with Gasteiger partial charge in [0.1, 0.15) is 6.07 Å². The molecule has 2 nitrogen and oxygen atoms in total. The number of rotatable bonds is 4. The van der Waals surface area contributed by atoms with Crippen LogP contribution in [0.3, 0.4) is 0 Å². The number of nitriles is 1. The van der Waals surface area contributed by atoms with Gasteiger partial charge in [-0.15, -0.1) is 0 Å². The first-order chi connectivity index (χ1) is 9.20. The molecule has 0 aliphatic heterocycles. The van der Waals surface area contributed by atoms with Crippen LogP contribution in [0.25, 0.3) is 0 Å². The molecule has 0 saturated carbocycles. The van der Waals surface area contributed by atoms with E-state index in [1.54, 1.807) is 24.3 Å². The van der Waals surface area contributed by atoms with Crippen molar-refractivity contribution >= 4 is 5.69 Å². The molecule has 0 saturated heterocycles. The highest BCUT2D eigenvalue weighted by Crippen LogP contribution is 2.19. The molecule has 96 valence electrons. The fourth-order valence-corrected chi connectivity index (χ4v) is 1.71. The molecule has 1 N–H and O–H groups in total. The molecule has 0 fully saturated rings. The van der Waals surface area contributed by atoms with Crippen LogP contribution in [-0.2, 0) is 6.54 Å². The standard InChI is InChI=1S/C15H12F2N2/c16-15(17)12-7-5-11(6-8-12)10-19-14-4-2-1-3-13(14)9-18/h1-8,15,19H,10H2. The zero-order valence-electron chi connectivity index (χ0n) is 10.1. The third-order valence-corrected chi connectivity index (χ3v) is 2.76. The second kappa shape index (κ2) is 5.96. The SMILES string of the molecule is N#Cc1ccccc1NCc1ccc(C(F)F)cc1. The molecule has 0 unspecified atom stereocenters. The number of alkyl halides is 2. The lowest BCUT2D eigenvalue weighted by Gasteiger charge is -2.08. The summed E-state index contributed by atoms with van der Waals surface area (Å²) in [4.78, 5) is 0. The number of anilines is 1. The fourth-order valence-electron chi connectivity index (χ4n) is 1.71. The summed E-state index contributed by atoms with van der Waals surface area (Å²) in [5.41, 5.74) is 2.20. The van der Waals surface area contributed by atoms with E-state index in [9.17, 15) is 8.78 Å². The van der Waals surface area contributed by atoms with Gasteiger partial charge in [0.2, 0.25) is 0 Å². The largest absolute Gasteiger partial charge is 0.380 e. The van der Waals surface area contributed by atoms with Crippen LogP contribution in [0.15, 0.2) is 48.5 Å². The van der Waals surface area contributed by atoms with Gasteiger partial charge in [-0.05, 0) is 17.7 Å². The molecule has 0 aliphatic rings. The molecule has 4 heteroatoms. The Labute approximate surface area is 110 Å². The second-order valence-electron chi connectivity index (χ2n) is 4.05. The van der Waals surface area contributed by atoms with E-state index in [1.807, 2.05) is 12.1 Å². The topological polar surface area (TPSA) is 35.8 Å². The van der Waals surface area contributed by atoms with Gasteiger partial charge in [0, 0.05) is 12.1 Å². The summed E-state index contributed by atoms with van der Waals surface area (Å²) in [5.74, 6) is 0. The summed E-state index contributed by atoms with van der Waals surface area (Å²) in [5, 5.41) is 12.1. The van der Waals surface area contributed by atoms with Gasteiger partial charge in [-0.3, -0.25) is 0 Å². The average Bonchev–Trinajstić information content (AvgIpc) is 2.45. The predicted molar refractivity (Wildman–Crippen MR) is 69.9 cm³/mol. The highest BCUT2D eigenvalue weighted by molar-refractivity contribution is 5.57. The number of hydrogen-bond acceptors (Lipinski definition) is 2. The average molecular weight is 258 g/mol. The maximum Gasteiger partial charge on any atom is 0.263 e. The molecule has 19 heavy (non-hydrogen) atoms. The molecule has 2 aromatic carbocycles. The van der Waals surface area contributed by atoms with Crippen molar-refractivity contribution in [2.75, 3.05) is 5.32 Å². The minimum Gasteiger partial charge on any atom is -0.380 e. The van der Waals surface area contributed by atoms with Gasteiger partial charge in [0.25, 0.3) is 6.43 Å². The molecule has 0 bridgehead atoms. The first-order valence-electron chi connectivity index (χ1n) is 5.80. The quantitative estimate of drug-likeness (QED) is 0.895. The summed E-state index contributed by atoms with van der Waals surface area (Å²) in [7, 11) is 0. The highest BCUT2D eigenvalue weighted by atomic mass is 19.3. The summed E-state index contributed by atoms with van der Waals surface area (Å²) in [6.07, 6.45) is -2.44. The zero-order chi connectivity index (χ0) is 13.7. The first-order valence-corrected chi connectivity index (χ1v) is 5.80. The number of nitrogens with one attached hydrogen (secondary N) is 1. The van der Waals surface area contributed by atoms with E-state index < -0.39 is 6.43 Å². The Morgan fingerprint density at radius 2 is 1.74 bits per heavy atom. The number of para-hydroxylation sites is 1. The molecule has 0 radical (unpaired) electrons. The molecule has 0 heterocycles. The smallest absolute Gasteiger partial charge is 0.263 e. The van der Waals surface area contributed by atoms with Crippen molar-refractivity contribution in [3.05, 3.63) is 65.2 Å². The summed E-state index contributed by atoms with van der Waals surface area (Å²) in [6, 6.07) is 15.4. The predicted octanol–water partition coefficient (Wildman–Crippen LogP) is 4.11. The Kier molecular flexibility index (Phi) is 4.09. The van der Waals surface area contributed by atoms with Gasteiger partial charge in [-0.2, -0.15) is 5.26 Å². The molecule has 0 spiro atoms. The molecule has 0 atom stereocenters. The monoisotopic (exact) mass is 258 g/mol. The molecular weight excluding hydrogens is 246 g/mol. The van der Waals surface area contributed by atoms with Crippen LogP contribution < -0.4 is 5.32 Å². The first kappa shape index (κ1) is 13.0. The van der Waals surface area contributed by atoms with E-state index >= 15 is 0 Å². The van der Waals surface area contributed by atoms with E-state index in [4.69, 9.17) is 5.26 Å². The van der Waals surface area contributed by atoms with Crippen LogP contribution in [0, 0.1) is 11.3 Å². The Bertz CT molecular complexity index is 586. The Morgan fingerprint density at radius 1 is 1.05 bits per heavy atom. The van der Waals surface area contributed by atoms with Crippen molar-refractivity contribution in [3.8, 4) is 6.07 Å². The summed E-state index contributed by atoms with van der Waals surface area (Å²) < 4.78 is 24.8. The van der Waals surface area contributed by atoms with Gasteiger partial charge in [-0.25, -0.2) is 8.78 Å². The van der Waals surface area contributed by atoms with E-state index in [0.29, 0.717) is 12.1 Å². The van der Waals surface area contributed by atoms with Gasteiger partial charge in [-0.1, -0.05) is 36.4 Å². The lowest BCUT2D eigenvalue weighted by molar-refractivity contribution is 0.151. The minimum absolute atomic E-state index is 0.0150. The Hall–Kier alpha value is -2.41. The molecule has 2 rings (SSSR count). The second-order valence-corrected chi connectivity index (χ2v) is 4.05. The van der Waals surface area contributed by atoms with E-state index in [-0.39, 0.29) is 5.56 Å². The third kappa shape index (κ3) is 3.29. The van der Waals surface area contributed by atoms with E-state index in [2.05, 4.69) is 11.4 Å². The van der Waals surface area contributed by atoms with Crippen LogP contribution in [0.5, 0.6) is 0 Å². The summed E-state index contributed by atoms with van der Waals surface area (Å²) in [6.45, 7) is 0.488. The van der Waals surface area contributed by atoms with Crippen LogP contribution >= 0.6 is 0 Å². The number of hydrogen-bond donors (Lipinski definition) is 1. The number of benzene rings is 2. The lowest BCUT2D eigenvalue weighted by atomic mass is 10.1. The molecular formula is C15H12F2N2. The van der Waals surface area contributed by atoms with Crippen molar-refractivity contribution in [1.29, 1.82) is 5.26 Å². The van der Waals surface area contributed by atoms with Crippen molar-refractivity contribution < 1.29 is 8.78 Å². The van der Waals surface area contributed by atoms with Crippen molar-refractivity contribution in [2.24, 2.45) is 0 Å². The van der Waals surface area contributed by atoms with Crippen LogP contribution in [0.2, 0.25) is 0 Å². The summed E-state index contributed by atoms with van der Waals surface area (Å²) >= 11 is 0. The van der Waals surface area contributed by atoms with Crippen molar-refractivity contribution in [2.45, 2.75) is 13.0 Å². The normalized spacial score (nSPS) is 10.2. The number of nitrogens with zero attached hydrogens (tertiary/aromatic N) is 1. The highest BCUT2D eigenvalue weighted by Gasteiger charge is 2.06. The maximum atomic E-state index is 12.4. The van der Waals surface area contributed by atoms with Crippen molar-refractivity contribution in [3.63, 3.8) is 0 Å². The van der Waals surface area contributed by atoms with Crippen LogP contribution in [0.4, 0.5) is 14.5 Å². The van der Waals surface area contributed by atoms with Gasteiger partial charge in [0.15, 0.2) is 0 Å². The van der Waals surface area contributed by atoms with E-state index in [0.717, 1.165) is 11.3 Å². The fraction of sp³-hybridized carbons (Fsp3) is 0.133. The molecule has 2 aromatic rings.